The topological polar surface area (TPSA) is 55.1 Å². The predicted octanol–water partition coefficient (Wildman–Crippen LogP) is -0.0575. The minimum atomic E-state index is -0.197. The summed E-state index contributed by atoms with van der Waals surface area (Å²) in [5, 5.41) is 0. The van der Waals surface area contributed by atoms with E-state index < -0.39 is 0 Å². The normalized spacial score (nSPS) is 8.25. The van der Waals surface area contributed by atoms with E-state index in [9.17, 15) is 4.79 Å². The molecule has 3 heteroatoms. The highest BCUT2D eigenvalue weighted by Gasteiger charge is 1.94. The average Bonchev–Trinajstić information content (AvgIpc) is 1.65. The quantitative estimate of drug-likeness (QED) is 0.229. The van der Waals surface area contributed by atoms with Crippen LogP contribution in [-0.4, -0.2) is 5.91 Å². The molecule has 0 spiro atoms. The minimum Gasteiger partial charge on any atom is -0.294 e. The van der Waals surface area contributed by atoms with Crippen LogP contribution in [0.4, 0.5) is 0 Å². The molecule has 46 valence electrons. The number of carbonyl (C=O) groups excluding carboxylic acids is 1. The first-order valence-corrected chi connectivity index (χ1v) is 2.30. The second kappa shape index (κ2) is 3.21. The highest BCUT2D eigenvalue weighted by Crippen LogP contribution is 1.91. The minimum absolute atomic E-state index is 0.197. The summed E-state index contributed by atoms with van der Waals surface area (Å²) >= 11 is 0. The molecule has 0 bridgehead atoms. The standard InChI is InChI=1S/C5H10N2O/c1-4(2)3-5(8)7-6/h1,3,6H2,2H3,(H,7,8). The van der Waals surface area contributed by atoms with Gasteiger partial charge in [-0.2, -0.15) is 0 Å². The van der Waals surface area contributed by atoms with Gasteiger partial charge in [-0.3, -0.25) is 10.2 Å². The summed E-state index contributed by atoms with van der Waals surface area (Å²) in [7, 11) is 0. The number of hydrogen-bond donors (Lipinski definition) is 2. The molecular formula is C5H10N2O. The van der Waals surface area contributed by atoms with Crippen molar-refractivity contribution in [3.8, 4) is 0 Å². The van der Waals surface area contributed by atoms with Crippen LogP contribution in [0.3, 0.4) is 0 Å². The van der Waals surface area contributed by atoms with Crippen LogP contribution < -0.4 is 11.3 Å². The first-order valence-electron chi connectivity index (χ1n) is 2.30. The van der Waals surface area contributed by atoms with E-state index in [1.165, 1.54) is 0 Å². The summed E-state index contributed by atoms with van der Waals surface area (Å²) in [4.78, 5) is 10.3. The molecule has 0 radical (unpaired) electrons. The van der Waals surface area contributed by atoms with Gasteiger partial charge < -0.3 is 0 Å². The fourth-order valence-electron chi connectivity index (χ4n) is 0.325. The van der Waals surface area contributed by atoms with Crippen molar-refractivity contribution < 1.29 is 4.79 Å². The largest absolute Gasteiger partial charge is 0.294 e. The smallest absolute Gasteiger partial charge is 0.237 e. The first-order chi connectivity index (χ1) is 3.66. The third-order valence-corrected chi connectivity index (χ3v) is 0.623. The molecule has 0 saturated carbocycles. The van der Waals surface area contributed by atoms with Crippen LogP contribution >= 0.6 is 0 Å². The molecule has 0 aromatic carbocycles. The highest BCUT2D eigenvalue weighted by atomic mass is 16.2. The van der Waals surface area contributed by atoms with Gasteiger partial charge in [0.15, 0.2) is 0 Å². The third-order valence-electron chi connectivity index (χ3n) is 0.623. The Bertz CT molecular complexity index is 109. The molecule has 0 atom stereocenters. The summed E-state index contributed by atoms with van der Waals surface area (Å²) in [6, 6.07) is 0. The van der Waals surface area contributed by atoms with E-state index in [4.69, 9.17) is 5.84 Å². The number of nitrogens with one attached hydrogen (secondary N) is 1. The van der Waals surface area contributed by atoms with Gasteiger partial charge in [0.1, 0.15) is 0 Å². The van der Waals surface area contributed by atoms with Gasteiger partial charge in [0, 0.05) is 6.42 Å². The van der Waals surface area contributed by atoms with Gasteiger partial charge in [0.25, 0.3) is 0 Å². The molecule has 0 rings (SSSR count). The maximum Gasteiger partial charge on any atom is 0.237 e. The molecule has 0 saturated heterocycles. The molecule has 3 N–H and O–H groups in total. The van der Waals surface area contributed by atoms with E-state index in [2.05, 4.69) is 6.58 Å². The Hall–Kier alpha value is -0.830. The van der Waals surface area contributed by atoms with E-state index in [0.29, 0.717) is 6.42 Å². The van der Waals surface area contributed by atoms with Crippen molar-refractivity contribution in [3.63, 3.8) is 0 Å². The number of nitrogens with two attached hydrogens (primary N) is 1. The van der Waals surface area contributed by atoms with E-state index in [1.54, 1.807) is 6.92 Å². The lowest BCUT2D eigenvalue weighted by Gasteiger charge is -1.94. The van der Waals surface area contributed by atoms with Crippen LogP contribution in [-0.2, 0) is 4.79 Å². The van der Waals surface area contributed by atoms with Crippen LogP contribution in [0.5, 0.6) is 0 Å². The van der Waals surface area contributed by atoms with Gasteiger partial charge >= 0.3 is 0 Å². The first kappa shape index (κ1) is 7.17. The molecule has 8 heavy (non-hydrogen) atoms. The van der Waals surface area contributed by atoms with Crippen molar-refractivity contribution in [1.82, 2.24) is 5.43 Å². The predicted molar refractivity (Wildman–Crippen MR) is 31.8 cm³/mol. The number of amides is 1. The van der Waals surface area contributed by atoms with Gasteiger partial charge in [-0.1, -0.05) is 12.2 Å². The Morgan fingerprint density at radius 1 is 1.88 bits per heavy atom. The molecule has 0 unspecified atom stereocenters. The molecule has 0 aliphatic heterocycles. The molecule has 0 heterocycles. The Balaban J connectivity index is 3.40. The van der Waals surface area contributed by atoms with Gasteiger partial charge in [-0.05, 0) is 6.92 Å². The molecule has 0 aromatic heterocycles. The molecule has 0 fully saturated rings. The molecule has 0 aromatic rings. The van der Waals surface area contributed by atoms with Gasteiger partial charge in [0.2, 0.25) is 5.91 Å². The van der Waals surface area contributed by atoms with E-state index in [1.807, 2.05) is 5.43 Å². The fraction of sp³-hybridized carbons (Fsp3) is 0.400. The maximum atomic E-state index is 10.3. The van der Waals surface area contributed by atoms with Crippen LogP contribution in [0.1, 0.15) is 13.3 Å². The summed E-state index contributed by atoms with van der Waals surface area (Å²) in [5.41, 5.74) is 2.81. The monoisotopic (exact) mass is 114 g/mol. The molecule has 0 aliphatic rings. The number of rotatable bonds is 2. The van der Waals surface area contributed by atoms with Gasteiger partial charge in [0.05, 0.1) is 0 Å². The number of carbonyl (C=O) groups is 1. The molecule has 1 amide bonds. The van der Waals surface area contributed by atoms with Crippen molar-refractivity contribution >= 4 is 5.91 Å². The second-order valence-corrected chi connectivity index (χ2v) is 1.70. The van der Waals surface area contributed by atoms with Gasteiger partial charge in [-0.25, -0.2) is 5.84 Å². The zero-order chi connectivity index (χ0) is 6.57. The van der Waals surface area contributed by atoms with E-state index in [-0.39, 0.29) is 5.91 Å². The SMILES string of the molecule is C=C(C)CC(=O)NN. The van der Waals surface area contributed by atoms with Crippen LogP contribution in [0, 0.1) is 0 Å². The Morgan fingerprint density at radius 3 is 2.50 bits per heavy atom. The zero-order valence-corrected chi connectivity index (χ0v) is 4.90. The van der Waals surface area contributed by atoms with Crippen LogP contribution in [0.25, 0.3) is 0 Å². The second-order valence-electron chi connectivity index (χ2n) is 1.70. The van der Waals surface area contributed by atoms with Gasteiger partial charge in [-0.15, -0.1) is 0 Å². The van der Waals surface area contributed by atoms with Crippen molar-refractivity contribution in [2.75, 3.05) is 0 Å². The van der Waals surface area contributed by atoms with Crippen molar-refractivity contribution in [1.29, 1.82) is 0 Å². The van der Waals surface area contributed by atoms with E-state index in [0.717, 1.165) is 5.57 Å². The van der Waals surface area contributed by atoms with Crippen molar-refractivity contribution in [3.05, 3.63) is 12.2 Å². The Kier molecular flexibility index (Phi) is 2.88. The van der Waals surface area contributed by atoms with Crippen LogP contribution in [0.2, 0.25) is 0 Å². The molecular weight excluding hydrogens is 104 g/mol. The third kappa shape index (κ3) is 3.36. The van der Waals surface area contributed by atoms with E-state index >= 15 is 0 Å². The average molecular weight is 114 g/mol. The lowest BCUT2D eigenvalue weighted by atomic mass is 10.2. The number of hydrogen-bond acceptors (Lipinski definition) is 2. The van der Waals surface area contributed by atoms with Crippen molar-refractivity contribution in [2.24, 2.45) is 5.84 Å². The van der Waals surface area contributed by atoms with Crippen LogP contribution in [0.15, 0.2) is 12.2 Å². The highest BCUT2D eigenvalue weighted by molar-refractivity contribution is 5.77. The number of hydrazine groups is 1. The van der Waals surface area contributed by atoms with Crippen molar-refractivity contribution in [2.45, 2.75) is 13.3 Å². The summed E-state index contributed by atoms with van der Waals surface area (Å²) < 4.78 is 0. The molecule has 0 aliphatic carbocycles. The lowest BCUT2D eigenvalue weighted by Crippen LogP contribution is -2.29. The summed E-state index contributed by atoms with van der Waals surface area (Å²) in [5.74, 6) is 4.58. The molecule has 3 nitrogen and oxygen atoms in total. The summed E-state index contributed by atoms with van der Waals surface area (Å²) in [6.45, 7) is 5.30. The zero-order valence-electron chi connectivity index (χ0n) is 4.90. The fourth-order valence-corrected chi connectivity index (χ4v) is 0.325. The summed E-state index contributed by atoms with van der Waals surface area (Å²) in [6.07, 6.45) is 0.316. The maximum absolute atomic E-state index is 10.3. The Morgan fingerprint density at radius 2 is 2.38 bits per heavy atom. The lowest BCUT2D eigenvalue weighted by molar-refractivity contribution is -0.120. The Labute approximate surface area is 48.5 Å².